The van der Waals surface area contributed by atoms with E-state index in [4.69, 9.17) is 55.9 Å². The Morgan fingerprint density at radius 3 is 1.91 bits per heavy atom. The van der Waals surface area contributed by atoms with Crippen LogP contribution in [0.5, 0.6) is 0 Å². The van der Waals surface area contributed by atoms with Gasteiger partial charge in [-0.15, -0.1) is 23.2 Å². The monoisotopic (exact) mass is 444 g/mol. The Balaban J connectivity index is 2.31. The largest absolute Gasteiger partial charge is 0.349 e. The first-order valence-corrected chi connectivity index (χ1v) is 8.99. The van der Waals surface area contributed by atoms with Crippen molar-refractivity contribution in [2.75, 3.05) is 14.2 Å². The number of rotatable bonds is 3. The highest BCUT2D eigenvalue weighted by molar-refractivity contribution is 9.09. The zero-order valence-corrected chi connectivity index (χ0v) is 16.4. The Kier molecular flexibility index (Phi) is 4.35. The molecule has 1 aromatic carbocycles. The van der Waals surface area contributed by atoms with E-state index in [0.717, 1.165) is 5.56 Å². The van der Waals surface area contributed by atoms with E-state index in [9.17, 15) is 0 Å². The van der Waals surface area contributed by atoms with Crippen molar-refractivity contribution in [3.63, 3.8) is 0 Å². The van der Waals surface area contributed by atoms with Crippen molar-refractivity contribution in [1.82, 2.24) is 0 Å². The number of hydrogen-bond donors (Lipinski definition) is 0. The van der Waals surface area contributed by atoms with Crippen LogP contribution in [0.4, 0.5) is 0 Å². The Morgan fingerprint density at radius 2 is 1.45 bits per heavy atom. The van der Waals surface area contributed by atoms with Gasteiger partial charge in [-0.25, -0.2) is 0 Å². The van der Waals surface area contributed by atoms with Crippen molar-refractivity contribution in [1.29, 1.82) is 0 Å². The summed E-state index contributed by atoms with van der Waals surface area (Å²) in [5, 5.41) is 0.516. The smallest absolute Gasteiger partial charge is 0.219 e. The van der Waals surface area contributed by atoms with Crippen molar-refractivity contribution in [3.05, 3.63) is 46.0 Å². The van der Waals surface area contributed by atoms with E-state index < -0.39 is 15.5 Å². The van der Waals surface area contributed by atoms with Gasteiger partial charge in [0.2, 0.25) is 5.79 Å². The minimum absolute atomic E-state index is 0.253. The fraction of sp³-hybridized carbons (Fsp3) is 0.467. The summed E-state index contributed by atoms with van der Waals surface area (Å²) in [6.07, 6.45) is 0. The lowest BCUT2D eigenvalue weighted by Gasteiger charge is -2.41. The quantitative estimate of drug-likeness (QED) is 0.469. The van der Waals surface area contributed by atoms with E-state index >= 15 is 0 Å². The predicted molar refractivity (Wildman–Crippen MR) is 94.5 cm³/mol. The zero-order chi connectivity index (χ0) is 16.3. The molecule has 1 fully saturated rings. The molecule has 0 heterocycles. The molecule has 1 aromatic rings. The molecule has 2 aliphatic rings. The van der Waals surface area contributed by atoms with Crippen molar-refractivity contribution in [3.8, 4) is 0 Å². The van der Waals surface area contributed by atoms with Gasteiger partial charge >= 0.3 is 0 Å². The highest BCUT2D eigenvalue weighted by Gasteiger charge is 2.84. The first-order valence-electron chi connectivity index (χ1n) is 6.56. The molecule has 3 rings (SSSR count). The van der Waals surface area contributed by atoms with Crippen molar-refractivity contribution in [2.45, 2.75) is 26.3 Å². The fourth-order valence-corrected chi connectivity index (χ4v) is 7.30. The Morgan fingerprint density at radius 1 is 0.955 bits per heavy atom. The molecule has 0 spiro atoms. The van der Waals surface area contributed by atoms with Gasteiger partial charge in [0.1, 0.15) is 4.87 Å². The Bertz CT molecular complexity index is 634. The second-order valence-corrected chi connectivity index (χ2v) is 8.30. The maximum absolute atomic E-state index is 7.01. The lowest BCUT2D eigenvalue weighted by Crippen LogP contribution is -2.57. The van der Waals surface area contributed by atoms with Crippen LogP contribution in [0.25, 0.3) is 0 Å². The van der Waals surface area contributed by atoms with E-state index in [1.807, 2.05) is 30.3 Å². The third-order valence-electron chi connectivity index (χ3n) is 4.62. The van der Waals surface area contributed by atoms with Gasteiger partial charge in [-0.05, 0) is 5.56 Å². The zero-order valence-electron chi connectivity index (χ0n) is 11.7. The summed E-state index contributed by atoms with van der Waals surface area (Å²) in [4.78, 5) is -2.78. The molecule has 2 aliphatic carbocycles. The number of ether oxygens (including phenoxy) is 2. The Labute approximate surface area is 157 Å². The topological polar surface area (TPSA) is 18.5 Å². The molecule has 0 radical (unpaired) electrons. The van der Waals surface area contributed by atoms with Gasteiger partial charge in [0.25, 0.3) is 0 Å². The minimum atomic E-state index is -1.38. The number of halogens is 5. The van der Waals surface area contributed by atoms with E-state index in [1.54, 1.807) is 0 Å². The molecule has 0 unspecified atom stereocenters. The fourth-order valence-electron chi connectivity index (χ4n) is 3.68. The number of fused-ring (bicyclic) bond motifs is 2. The van der Waals surface area contributed by atoms with Crippen LogP contribution in [0.1, 0.15) is 11.5 Å². The first kappa shape index (κ1) is 17.3. The summed E-state index contributed by atoms with van der Waals surface area (Å²) in [5.41, 5.74) is 0.975. The Hall–Kier alpha value is 0.520. The average molecular weight is 447 g/mol. The standard InChI is InChI=1S/C15H13BrCl4O2/c1-21-15(22-2)13(19)9(8-6-4-3-5-7-8)10(16)14(15,20)12(18)11(13)17/h3-7,9-10H,1-2H3/t9-,10-,13+,14+/m1/s1. The third kappa shape index (κ3) is 1.67. The molecule has 0 saturated heterocycles. The number of benzene rings is 1. The highest BCUT2D eigenvalue weighted by atomic mass is 79.9. The van der Waals surface area contributed by atoms with E-state index in [0.29, 0.717) is 0 Å². The van der Waals surface area contributed by atoms with Crippen molar-refractivity contribution >= 4 is 62.3 Å². The molecule has 0 N–H and O–H groups in total. The molecule has 120 valence electrons. The number of methoxy groups -OCH3 is 2. The van der Waals surface area contributed by atoms with Gasteiger partial charge in [0.15, 0.2) is 4.87 Å². The summed E-state index contributed by atoms with van der Waals surface area (Å²) < 4.78 is 11.4. The van der Waals surface area contributed by atoms with Gasteiger partial charge in [0.05, 0.1) is 14.9 Å². The highest BCUT2D eigenvalue weighted by Crippen LogP contribution is 2.75. The summed E-state index contributed by atoms with van der Waals surface area (Å²) >= 11 is 30.5. The van der Waals surface area contributed by atoms with Crippen LogP contribution in [-0.4, -0.2) is 34.6 Å². The van der Waals surface area contributed by atoms with Gasteiger partial charge in [-0.3, -0.25) is 0 Å². The van der Waals surface area contributed by atoms with Crippen LogP contribution < -0.4 is 0 Å². The number of alkyl halides is 3. The van der Waals surface area contributed by atoms with Crippen LogP contribution in [0.15, 0.2) is 40.4 Å². The van der Waals surface area contributed by atoms with Gasteiger partial charge in [-0.1, -0.05) is 69.5 Å². The van der Waals surface area contributed by atoms with Crippen LogP contribution in [-0.2, 0) is 9.47 Å². The van der Waals surface area contributed by atoms with Crippen LogP contribution in [0.2, 0.25) is 0 Å². The maximum Gasteiger partial charge on any atom is 0.219 e. The second kappa shape index (κ2) is 5.52. The molecular formula is C15H13BrCl4O2. The first-order chi connectivity index (χ1) is 10.3. The molecule has 7 heteroatoms. The number of hydrogen-bond acceptors (Lipinski definition) is 2. The molecule has 2 bridgehead atoms. The van der Waals surface area contributed by atoms with Crippen LogP contribution in [0.3, 0.4) is 0 Å². The minimum Gasteiger partial charge on any atom is -0.349 e. The summed E-state index contributed by atoms with van der Waals surface area (Å²) in [5.74, 6) is -1.66. The third-order valence-corrected chi connectivity index (χ3v) is 8.71. The van der Waals surface area contributed by atoms with Gasteiger partial charge in [-0.2, -0.15) is 0 Å². The second-order valence-electron chi connectivity index (χ2n) is 5.37. The molecule has 0 amide bonds. The van der Waals surface area contributed by atoms with Crippen molar-refractivity contribution in [2.24, 2.45) is 0 Å². The van der Waals surface area contributed by atoms with E-state index in [-0.39, 0.29) is 20.8 Å². The molecule has 0 aromatic heterocycles. The average Bonchev–Trinajstić information content (AvgIpc) is 2.77. The SMILES string of the molecule is COC1(OC)[C@@]2(Cl)C(Cl)=C(Cl)[C@@]1(Cl)[C@H](c1ccccc1)[C@H]2Br. The molecule has 2 nitrogen and oxygen atoms in total. The maximum atomic E-state index is 7.01. The summed E-state index contributed by atoms with van der Waals surface area (Å²) in [6.45, 7) is 0. The molecule has 1 saturated carbocycles. The van der Waals surface area contributed by atoms with Gasteiger partial charge < -0.3 is 9.47 Å². The lowest BCUT2D eigenvalue weighted by molar-refractivity contribution is -0.217. The van der Waals surface area contributed by atoms with E-state index in [1.165, 1.54) is 14.2 Å². The summed E-state index contributed by atoms with van der Waals surface area (Å²) in [7, 11) is 2.98. The summed E-state index contributed by atoms with van der Waals surface area (Å²) in [6, 6.07) is 9.74. The van der Waals surface area contributed by atoms with Crippen LogP contribution >= 0.6 is 62.3 Å². The predicted octanol–water partition coefficient (Wildman–Crippen LogP) is 5.19. The van der Waals surface area contributed by atoms with Gasteiger partial charge in [0, 0.05) is 20.1 Å². The van der Waals surface area contributed by atoms with Crippen LogP contribution in [0, 0.1) is 0 Å². The molecule has 4 atom stereocenters. The molecular weight excluding hydrogens is 434 g/mol. The molecule has 22 heavy (non-hydrogen) atoms. The van der Waals surface area contributed by atoms with E-state index in [2.05, 4.69) is 15.9 Å². The molecule has 0 aliphatic heterocycles. The lowest BCUT2D eigenvalue weighted by atomic mass is 9.85. The normalized spacial score (nSPS) is 39.6. The van der Waals surface area contributed by atoms with Crippen molar-refractivity contribution < 1.29 is 9.47 Å².